The number of non-ortho nitro benzene ring substituents is 1. The van der Waals surface area contributed by atoms with Gasteiger partial charge in [0.2, 0.25) is 5.91 Å². The first kappa shape index (κ1) is 22.3. The molecular weight excluding hydrogens is 396 g/mol. The lowest BCUT2D eigenvalue weighted by molar-refractivity contribution is -0.384. The van der Waals surface area contributed by atoms with Gasteiger partial charge in [-0.05, 0) is 68.0 Å². The van der Waals surface area contributed by atoms with E-state index in [4.69, 9.17) is 0 Å². The molecule has 3 rings (SSSR count). The summed E-state index contributed by atoms with van der Waals surface area (Å²) >= 11 is 0. The number of nitro groups is 1. The van der Waals surface area contributed by atoms with Gasteiger partial charge < -0.3 is 15.5 Å². The molecule has 1 aliphatic rings. The van der Waals surface area contributed by atoms with Crippen LogP contribution in [-0.4, -0.2) is 41.3 Å². The maximum Gasteiger partial charge on any atom is 0.269 e. The summed E-state index contributed by atoms with van der Waals surface area (Å²) < 4.78 is 0. The summed E-state index contributed by atoms with van der Waals surface area (Å²) in [5.41, 5.74) is 3.45. The second kappa shape index (κ2) is 9.59. The minimum absolute atomic E-state index is 0.0158. The molecule has 1 saturated heterocycles. The Kier molecular flexibility index (Phi) is 6.89. The fraction of sp³-hybridized carbons (Fsp3) is 0.391. The molecule has 8 nitrogen and oxygen atoms in total. The van der Waals surface area contributed by atoms with Crippen LogP contribution < -0.4 is 10.6 Å². The normalized spacial score (nSPS) is 16.0. The highest BCUT2D eigenvalue weighted by molar-refractivity contribution is 5.96. The van der Waals surface area contributed by atoms with E-state index >= 15 is 0 Å². The van der Waals surface area contributed by atoms with E-state index in [0.29, 0.717) is 22.7 Å². The Labute approximate surface area is 181 Å². The van der Waals surface area contributed by atoms with Crippen LogP contribution in [0.25, 0.3) is 0 Å². The highest BCUT2D eigenvalue weighted by Crippen LogP contribution is 2.23. The van der Waals surface area contributed by atoms with Crippen molar-refractivity contribution in [2.75, 3.05) is 30.3 Å². The third-order valence-electron chi connectivity index (χ3n) is 5.55. The molecule has 0 saturated carbocycles. The Morgan fingerprint density at radius 1 is 1.13 bits per heavy atom. The van der Waals surface area contributed by atoms with Crippen molar-refractivity contribution in [2.24, 2.45) is 5.92 Å². The summed E-state index contributed by atoms with van der Waals surface area (Å²) in [5, 5.41) is 16.7. The molecule has 31 heavy (non-hydrogen) atoms. The number of carbonyl (C=O) groups is 2. The molecule has 1 unspecified atom stereocenters. The number of aryl methyl sites for hydroxylation is 2. The molecule has 164 valence electrons. The van der Waals surface area contributed by atoms with Crippen molar-refractivity contribution in [3.05, 3.63) is 63.2 Å². The Bertz CT molecular complexity index is 1010. The minimum atomic E-state index is -0.469. The fourth-order valence-corrected chi connectivity index (χ4v) is 3.82. The van der Waals surface area contributed by atoms with E-state index in [1.165, 1.54) is 18.2 Å². The number of piperidine rings is 1. The molecule has 1 fully saturated rings. The number of nitro benzene ring substituents is 1. The maximum absolute atomic E-state index is 12.8. The lowest BCUT2D eigenvalue weighted by Gasteiger charge is -2.31. The topological polar surface area (TPSA) is 105 Å². The number of rotatable bonds is 6. The van der Waals surface area contributed by atoms with Gasteiger partial charge in [0.15, 0.2) is 0 Å². The Hall–Kier alpha value is -3.42. The third kappa shape index (κ3) is 5.59. The Morgan fingerprint density at radius 3 is 2.48 bits per heavy atom. The average molecular weight is 425 g/mol. The van der Waals surface area contributed by atoms with E-state index in [1.54, 1.807) is 13.0 Å². The fourth-order valence-electron chi connectivity index (χ4n) is 3.82. The van der Waals surface area contributed by atoms with Crippen molar-refractivity contribution in [1.29, 1.82) is 0 Å². The maximum atomic E-state index is 12.8. The van der Waals surface area contributed by atoms with E-state index in [0.717, 1.165) is 37.2 Å². The number of hydrogen-bond acceptors (Lipinski definition) is 5. The first-order valence-electron chi connectivity index (χ1n) is 10.4. The number of amides is 2. The monoisotopic (exact) mass is 424 g/mol. The van der Waals surface area contributed by atoms with Gasteiger partial charge in [-0.25, -0.2) is 0 Å². The summed E-state index contributed by atoms with van der Waals surface area (Å²) in [6.07, 6.45) is 2.20. The first-order valence-corrected chi connectivity index (χ1v) is 10.4. The van der Waals surface area contributed by atoms with Crippen molar-refractivity contribution in [2.45, 2.75) is 33.6 Å². The van der Waals surface area contributed by atoms with Crippen LogP contribution in [0.15, 0.2) is 36.4 Å². The second-order valence-corrected chi connectivity index (χ2v) is 8.19. The second-order valence-electron chi connectivity index (χ2n) is 8.19. The SMILES string of the molecule is Cc1cc(C(=O)N2CCCC(C)C2)ccc1NCC(=O)Nc1ccc([N+](=O)[O-])cc1C. The number of likely N-dealkylation sites (tertiary alicyclic amines) is 1. The lowest BCUT2D eigenvalue weighted by atomic mass is 9.99. The third-order valence-corrected chi connectivity index (χ3v) is 5.55. The molecule has 2 aromatic carbocycles. The van der Waals surface area contributed by atoms with Crippen molar-refractivity contribution >= 4 is 28.9 Å². The zero-order valence-corrected chi connectivity index (χ0v) is 18.1. The van der Waals surface area contributed by atoms with Crippen LogP contribution in [0.1, 0.15) is 41.3 Å². The summed E-state index contributed by atoms with van der Waals surface area (Å²) in [7, 11) is 0. The van der Waals surface area contributed by atoms with Crippen molar-refractivity contribution in [1.82, 2.24) is 4.90 Å². The first-order chi connectivity index (χ1) is 14.7. The minimum Gasteiger partial charge on any atom is -0.376 e. The molecule has 1 heterocycles. The van der Waals surface area contributed by atoms with Gasteiger partial charge in [-0.2, -0.15) is 0 Å². The number of anilines is 2. The van der Waals surface area contributed by atoms with Crippen molar-refractivity contribution < 1.29 is 14.5 Å². The van der Waals surface area contributed by atoms with Gasteiger partial charge in [0, 0.05) is 42.2 Å². The van der Waals surface area contributed by atoms with E-state index in [9.17, 15) is 19.7 Å². The summed E-state index contributed by atoms with van der Waals surface area (Å²) in [4.78, 5) is 37.4. The van der Waals surface area contributed by atoms with Crippen LogP contribution in [0.2, 0.25) is 0 Å². The molecule has 1 atom stereocenters. The van der Waals surface area contributed by atoms with Gasteiger partial charge in [-0.1, -0.05) is 6.92 Å². The largest absolute Gasteiger partial charge is 0.376 e. The van der Waals surface area contributed by atoms with Crippen LogP contribution in [0.3, 0.4) is 0 Å². The van der Waals surface area contributed by atoms with Gasteiger partial charge in [0.1, 0.15) is 0 Å². The quantitative estimate of drug-likeness (QED) is 0.536. The van der Waals surface area contributed by atoms with Crippen LogP contribution >= 0.6 is 0 Å². The smallest absolute Gasteiger partial charge is 0.269 e. The molecule has 2 aromatic rings. The number of carbonyl (C=O) groups excluding carboxylic acids is 2. The van der Waals surface area contributed by atoms with Gasteiger partial charge in [-0.3, -0.25) is 19.7 Å². The Balaban J connectivity index is 1.58. The van der Waals surface area contributed by atoms with Gasteiger partial charge >= 0.3 is 0 Å². The number of benzene rings is 2. The van der Waals surface area contributed by atoms with Crippen molar-refractivity contribution in [3.8, 4) is 0 Å². The Morgan fingerprint density at radius 2 is 1.84 bits per heavy atom. The van der Waals surface area contributed by atoms with Crippen LogP contribution in [0.4, 0.5) is 17.1 Å². The summed E-state index contributed by atoms with van der Waals surface area (Å²) in [6, 6.07) is 9.77. The molecule has 1 aliphatic heterocycles. The number of nitrogens with one attached hydrogen (secondary N) is 2. The van der Waals surface area contributed by atoms with E-state index in [2.05, 4.69) is 17.6 Å². The molecule has 0 bridgehead atoms. The van der Waals surface area contributed by atoms with Gasteiger partial charge in [-0.15, -0.1) is 0 Å². The molecule has 0 aromatic heterocycles. The highest BCUT2D eigenvalue weighted by Gasteiger charge is 2.22. The van der Waals surface area contributed by atoms with Crippen LogP contribution in [0, 0.1) is 29.9 Å². The molecule has 0 radical (unpaired) electrons. The predicted molar refractivity (Wildman–Crippen MR) is 120 cm³/mol. The van der Waals surface area contributed by atoms with Crippen LogP contribution in [-0.2, 0) is 4.79 Å². The van der Waals surface area contributed by atoms with Crippen molar-refractivity contribution in [3.63, 3.8) is 0 Å². The van der Waals surface area contributed by atoms with Gasteiger partial charge in [0.25, 0.3) is 11.6 Å². The number of hydrogen-bond donors (Lipinski definition) is 2. The zero-order valence-electron chi connectivity index (χ0n) is 18.1. The van der Waals surface area contributed by atoms with Crippen LogP contribution in [0.5, 0.6) is 0 Å². The molecule has 2 N–H and O–H groups in total. The van der Waals surface area contributed by atoms with E-state index in [1.807, 2.05) is 24.0 Å². The summed E-state index contributed by atoms with van der Waals surface area (Å²) in [5.74, 6) is 0.309. The highest BCUT2D eigenvalue weighted by atomic mass is 16.6. The molecule has 0 spiro atoms. The molecule has 8 heteroatoms. The predicted octanol–water partition coefficient (Wildman–Crippen LogP) is 4.13. The number of nitrogens with zero attached hydrogens (tertiary/aromatic N) is 2. The lowest BCUT2D eigenvalue weighted by Crippen LogP contribution is -2.39. The average Bonchev–Trinajstić information content (AvgIpc) is 2.73. The van der Waals surface area contributed by atoms with Gasteiger partial charge in [0.05, 0.1) is 11.5 Å². The zero-order chi connectivity index (χ0) is 22.5. The molecule has 0 aliphatic carbocycles. The standard InChI is InChI=1S/C23H28N4O4/c1-15-5-4-10-26(14-15)23(29)18-6-8-20(16(2)11-18)24-13-22(28)25-21-9-7-19(27(30)31)12-17(21)3/h6-9,11-12,15,24H,4-5,10,13-14H2,1-3H3,(H,25,28). The summed E-state index contributed by atoms with van der Waals surface area (Å²) in [6.45, 7) is 7.40. The van der Waals surface area contributed by atoms with E-state index in [-0.39, 0.29) is 24.0 Å². The van der Waals surface area contributed by atoms with E-state index < -0.39 is 4.92 Å². The molecule has 2 amide bonds. The molecular formula is C23H28N4O4.